The van der Waals surface area contributed by atoms with Crippen LogP contribution < -0.4 is 5.73 Å². The Morgan fingerprint density at radius 1 is 1.39 bits per heavy atom. The van der Waals surface area contributed by atoms with Gasteiger partial charge in [-0.3, -0.25) is 4.57 Å². The van der Waals surface area contributed by atoms with E-state index in [1.54, 1.807) is 18.1 Å². The molecule has 0 aromatic carbocycles. The van der Waals surface area contributed by atoms with Crippen molar-refractivity contribution in [3.63, 3.8) is 0 Å². The van der Waals surface area contributed by atoms with Crippen LogP contribution in [0.5, 0.6) is 0 Å². The minimum absolute atomic E-state index is 0.103. The molecule has 3 N–H and O–H groups in total. The summed E-state index contributed by atoms with van der Waals surface area (Å²) in [6.07, 6.45) is 3.44. The second kappa shape index (κ2) is 3.56. The monoisotopic (exact) mass is 265 g/mol. The van der Waals surface area contributed by atoms with E-state index < -0.39 is 0 Å². The van der Waals surface area contributed by atoms with E-state index in [-0.39, 0.29) is 29.4 Å². The van der Waals surface area contributed by atoms with Gasteiger partial charge in [-0.25, -0.2) is 15.0 Å². The molecule has 18 heavy (non-hydrogen) atoms. The first-order chi connectivity index (χ1) is 8.79. The number of aliphatic hydroxyl groups is 1. The lowest BCUT2D eigenvalue weighted by atomic mass is 10.2. The second-order valence-electron chi connectivity index (χ2n) is 4.40. The van der Waals surface area contributed by atoms with Gasteiger partial charge in [-0.05, 0) is 0 Å². The molecule has 2 aliphatic rings. The summed E-state index contributed by atoms with van der Waals surface area (Å²) in [5.41, 5.74) is 7.09. The van der Waals surface area contributed by atoms with Crippen molar-refractivity contribution in [1.82, 2.24) is 19.5 Å². The lowest BCUT2D eigenvalue weighted by Crippen LogP contribution is -2.13. The third-order valence-electron chi connectivity index (χ3n) is 3.36. The largest absolute Gasteiger partial charge is 0.395 e. The second-order valence-corrected chi connectivity index (χ2v) is 5.76. The molecular formula is C10H11N5O2S. The van der Waals surface area contributed by atoms with Crippen LogP contribution in [0.1, 0.15) is 5.37 Å². The molecule has 0 unspecified atom stereocenters. The number of hydrogen-bond acceptors (Lipinski definition) is 7. The van der Waals surface area contributed by atoms with Gasteiger partial charge < -0.3 is 15.6 Å². The van der Waals surface area contributed by atoms with Crippen LogP contribution in [0.25, 0.3) is 11.2 Å². The van der Waals surface area contributed by atoms with Gasteiger partial charge in [0, 0.05) is 0 Å². The van der Waals surface area contributed by atoms with Crippen LogP contribution in [0.15, 0.2) is 12.7 Å². The number of nitrogens with zero attached hydrogens (tertiary/aromatic N) is 4. The van der Waals surface area contributed by atoms with Crippen LogP contribution in [-0.4, -0.2) is 48.7 Å². The molecule has 94 valence electrons. The van der Waals surface area contributed by atoms with Gasteiger partial charge >= 0.3 is 0 Å². The van der Waals surface area contributed by atoms with E-state index in [1.165, 1.54) is 6.33 Å². The van der Waals surface area contributed by atoms with Crippen LogP contribution in [0.3, 0.4) is 0 Å². The zero-order chi connectivity index (χ0) is 12.3. The Bertz CT molecular complexity index is 617. The Hall–Kier alpha value is -1.38. The van der Waals surface area contributed by atoms with Crippen molar-refractivity contribution in [2.45, 2.75) is 22.8 Å². The van der Waals surface area contributed by atoms with Gasteiger partial charge in [-0.2, -0.15) is 0 Å². The molecule has 4 rings (SSSR count). The molecule has 4 heterocycles. The van der Waals surface area contributed by atoms with E-state index in [2.05, 4.69) is 15.0 Å². The van der Waals surface area contributed by atoms with Crippen molar-refractivity contribution in [1.29, 1.82) is 0 Å². The quantitative estimate of drug-likeness (QED) is 0.724. The van der Waals surface area contributed by atoms with E-state index >= 15 is 0 Å². The van der Waals surface area contributed by atoms with Crippen molar-refractivity contribution in [2.75, 3.05) is 12.3 Å². The Morgan fingerprint density at radius 2 is 2.28 bits per heavy atom. The van der Waals surface area contributed by atoms with Gasteiger partial charge in [0.2, 0.25) is 0 Å². The van der Waals surface area contributed by atoms with Gasteiger partial charge in [0.25, 0.3) is 0 Å². The first kappa shape index (κ1) is 10.5. The standard InChI is InChI=1S/C10H11N5O2S/c11-8-5-9(13-2-12-8)15(3-14-5)10-7-6(17-7)4(1-16)18-10/h2-4,6-7,10,16H,1H2,(H2,11,12,13)/t4-,6-,7+,10-/m0/s1. The number of thioether (sulfide) groups is 1. The SMILES string of the molecule is Nc1ncnc2c1ncn2[C@H]1S[C@@H](CO)[C@@H]2O[C@H]21. The van der Waals surface area contributed by atoms with Crippen molar-refractivity contribution in [3.05, 3.63) is 12.7 Å². The average molecular weight is 265 g/mol. The molecule has 7 nitrogen and oxygen atoms in total. The molecule has 4 atom stereocenters. The highest BCUT2D eigenvalue weighted by atomic mass is 32.2. The predicted molar refractivity (Wildman–Crippen MR) is 65.9 cm³/mol. The smallest absolute Gasteiger partial charge is 0.166 e. The minimum atomic E-state index is 0.103. The molecule has 8 heteroatoms. The van der Waals surface area contributed by atoms with Crippen LogP contribution in [0, 0.1) is 0 Å². The number of fused-ring (bicyclic) bond motifs is 2. The summed E-state index contributed by atoms with van der Waals surface area (Å²) in [7, 11) is 0. The number of imidazole rings is 1. The molecule has 2 aromatic rings. The summed E-state index contributed by atoms with van der Waals surface area (Å²) in [5, 5.41) is 9.50. The van der Waals surface area contributed by atoms with Crippen LogP contribution in [0.2, 0.25) is 0 Å². The summed E-state index contributed by atoms with van der Waals surface area (Å²) in [5.74, 6) is 0.383. The summed E-state index contributed by atoms with van der Waals surface area (Å²) >= 11 is 1.69. The highest BCUT2D eigenvalue weighted by Gasteiger charge is 2.58. The predicted octanol–water partition coefficient (Wildman–Crippen LogP) is -0.218. The van der Waals surface area contributed by atoms with Crippen molar-refractivity contribution >= 4 is 28.7 Å². The zero-order valence-corrected chi connectivity index (χ0v) is 10.1. The molecule has 0 radical (unpaired) electrons. The minimum Gasteiger partial charge on any atom is -0.395 e. The van der Waals surface area contributed by atoms with E-state index in [9.17, 15) is 5.11 Å². The molecule has 2 aromatic heterocycles. The summed E-state index contributed by atoms with van der Waals surface area (Å²) in [6.45, 7) is 0.131. The molecule has 0 amide bonds. The van der Waals surface area contributed by atoms with E-state index in [4.69, 9.17) is 10.5 Å². The maximum atomic E-state index is 9.26. The first-order valence-corrected chi connectivity index (χ1v) is 6.58. The van der Waals surface area contributed by atoms with Crippen molar-refractivity contribution in [3.8, 4) is 0 Å². The maximum absolute atomic E-state index is 9.26. The number of aliphatic hydroxyl groups excluding tert-OH is 1. The third-order valence-corrected chi connectivity index (χ3v) is 4.91. The Morgan fingerprint density at radius 3 is 3.06 bits per heavy atom. The lowest BCUT2D eigenvalue weighted by Gasteiger charge is -2.15. The topological polar surface area (TPSA) is 102 Å². The zero-order valence-electron chi connectivity index (χ0n) is 9.30. The Kier molecular flexibility index (Phi) is 2.08. The van der Waals surface area contributed by atoms with Gasteiger partial charge in [0.1, 0.15) is 29.4 Å². The number of anilines is 1. The molecule has 0 spiro atoms. The maximum Gasteiger partial charge on any atom is 0.166 e. The van der Waals surface area contributed by atoms with Crippen molar-refractivity contribution < 1.29 is 9.84 Å². The van der Waals surface area contributed by atoms with Gasteiger partial charge in [-0.15, -0.1) is 11.8 Å². The number of rotatable bonds is 2. The van der Waals surface area contributed by atoms with E-state index in [0.717, 1.165) is 0 Å². The highest BCUT2D eigenvalue weighted by Crippen LogP contribution is 2.54. The Balaban J connectivity index is 1.78. The van der Waals surface area contributed by atoms with Gasteiger partial charge in [-0.1, -0.05) is 0 Å². The number of nitrogens with two attached hydrogens (primary N) is 1. The third kappa shape index (κ3) is 1.30. The van der Waals surface area contributed by atoms with Crippen LogP contribution >= 0.6 is 11.8 Å². The van der Waals surface area contributed by atoms with Gasteiger partial charge in [0.15, 0.2) is 11.5 Å². The van der Waals surface area contributed by atoms with Crippen molar-refractivity contribution in [2.24, 2.45) is 0 Å². The molecular weight excluding hydrogens is 254 g/mol. The summed E-state index contributed by atoms with van der Waals surface area (Å²) in [4.78, 5) is 12.4. The number of hydrogen-bond donors (Lipinski definition) is 2. The normalized spacial score (nSPS) is 33.8. The number of epoxide rings is 1. The Labute approximate surface area is 106 Å². The van der Waals surface area contributed by atoms with Gasteiger partial charge in [0.05, 0.1) is 18.2 Å². The highest BCUT2D eigenvalue weighted by molar-refractivity contribution is 8.00. The molecule has 0 aliphatic carbocycles. The first-order valence-electron chi connectivity index (χ1n) is 5.64. The fourth-order valence-electron chi connectivity index (χ4n) is 2.43. The molecule has 0 bridgehead atoms. The fraction of sp³-hybridized carbons (Fsp3) is 0.500. The van der Waals surface area contributed by atoms with Crippen LogP contribution in [0.4, 0.5) is 5.82 Å². The van der Waals surface area contributed by atoms with E-state index in [0.29, 0.717) is 17.0 Å². The molecule has 2 fully saturated rings. The number of aromatic nitrogens is 4. The van der Waals surface area contributed by atoms with E-state index in [1.807, 2.05) is 4.57 Å². The molecule has 2 aliphatic heterocycles. The number of ether oxygens (including phenoxy) is 1. The molecule has 0 saturated carbocycles. The fourth-order valence-corrected chi connectivity index (χ4v) is 3.90. The lowest BCUT2D eigenvalue weighted by molar-refractivity contribution is 0.262. The summed E-state index contributed by atoms with van der Waals surface area (Å²) < 4.78 is 7.52. The number of nitrogen functional groups attached to an aromatic ring is 1. The summed E-state index contributed by atoms with van der Waals surface area (Å²) in [6, 6.07) is 0. The van der Waals surface area contributed by atoms with Crippen LogP contribution in [-0.2, 0) is 4.74 Å². The molecule has 2 saturated heterocycles. The average Bonchev–Trinajstić information content (AvgIpc) is 2.91.